The van der Waals surface area contributed by atoms with Gasteiger partial charge in [-0.3, -0.25) is 11.3 Å². The van der Waals surface area contributed by atoms with Crippen LogP contribution in [-0.4, -0.2) is 6.10 Å². The Morgan fingerprint density at radius 1 is 1.10 bits per heavy atom. The first-order valence-electron chi connectivity index (χ1n) is 7.65. The fourth-order valence-electron chi connectivity index (χ4n) is 2.68. The molecule has 0 spiro atoms. The van der Waals surface area contributed by atoms with Crippen molar-refractivity contribution in [2.75, 3.05) is 0 Å². The molecule has 1 aromatic carbocycles. The van der Waals surface area contributed by atoms with Gasteiger partial charge in [-0.05, 0) is 56.2 Å². The van der Waals surface area contributed by atoms with Crippen LogP contribution >= 0.6 is 0 Å². The van der Waals surface area contributed by atoms with Crippen molar-refractivity contribution in [2.24, 2.45) is 17.7 Å². The highest BCUT2D eigenvalue weighted by Crippen LogP contribution is 2.27. The van der Waals surface area contributed by atoms with Gasteiger partial charge in [0, 0.05) is 6.04 Å². The molecule has 3 heteroatoms. The number of nitrogens with one attached hydrogen (secondary N) is 1. The van der Waals surface area contributed by atoms with Crippen LogP contribution in [-0.2, 0) is 0 Å². The van der Waals surface area contributed by atoms with E-state index in [0.717, 1.165) is 18.1 Å². The molecule has 0 heterocycles. The summed E-state index contributed by atoms with van der Waals surface area (Å²) in [5.74, 6) is 8.02. The number of hydrogen-bond acceptors (Lipinski definition) is 3. The van der Waals surface area contributed by atoms with Crippen LogP contribution in [0.25, 0.3) is 0 Å². The number of rotatable bonds is 8. The topological polar surface area (TPSA) is 47.3 Å². The number of ether oxygens (including phenoxy) is 1. The Balaban J connectivity index is 2.73. The van der Waals surface area contributed by atoms with E-state index in [4.69, 9.17) is 10.6 Å². The largest absolute Gasteiger partial charge is 0.491 e. The molecular weight excluding hydrogens is 248 g/mol. The Morgan fingerprint density at radius 3 is 2.35 bits per heavy atom. The highest BCUT2D eigenvalue weighted by molar-refractivity contribution is 5.30. The molecule has 3 N–H and O–H groups in total. The zero-order chi connectivity index (χ0) is 15.1. The van der Waals surface area contributed by atoms with Crippen molar-refractivity contribution in [2.45, 2.75) is 59.6 Å². The molecule has 0 aromatic heterocycles. The third-order valence-electron chi connectivity index (χ3n) is 3.35. The van der Waals surface area contributed by atoms with Gasteiger partial charge in [-0.2, -0.15) is 0 Å². The van der Waals surface area contributed by atoms with Gasteiger partial charge >= 0.3 is 0 Å². The second kappa shape index (κ2) is 8.28. The summed E-state index contributed by atoms with van der Waals surface area (Å²) in [4.78, 5) is 0. The summed E-state index contributed by atoms with van der Waals surface area (Å²) in [6.45, 7) is 10.9. The first-order valence-corrected chi connectivity index (χ1v) is 7.65. The number of benzene rings is 1. The van der Waals surface area contributed by atoms with Gasteiger partial charge in [-0.25, -0.2) is 0 Å². The maximum absolute atomic E-state index is 5.75. The van der Waals surface area contributed by atoms with E-state index in [0.29, 0.717) is 5.92 Å². The molecule has 0 saturated carbocycles. The van der Waals surface area contributed by atoms with Crippen molar-refractivity contribution in [3.8, 4) is 5.75 Å². The van der Waals surface area contributed by atoms with Crippen molar-refractivity contribution in [3.63, 3.8) is 0 Å². The maximum Gasteiger partial charge on any atom is 0.120 e. The van der Waals surface area contributed by atoms with Crippen LogP contribution in [0.4, 0.5) is 0 Å². The lowest BCUT2D eigenvalue weighted by Gasteiger charge is -2.22. The zero-order valence-electron chi connectivity index (χ0n) is 13.5. The molecule has 0 bridgehead atoms. The molecule has 2 unspecified atom stereocenters. The number of nitrogens with two attached hydrogens (primary N) is 1. The fourth-order valence-corrected chi connectivity index (χ4v) is 2.68. The molecule has 1 aromatic rings. The van der Waals surface area contributed by atoms with Crippen LogP contribution in [0, 0.1) is 11.8 Å². The first kappa shape index (κ1) is 17.0. The van der Waals surface area contributed by atoms with Crippen molar-refractivity contribution in [3.05, 3.63) is 29.8 Å². The lowest BCUT2D eigenvalue weighted by atomic mass is 9.90. The Morgan fingerprint density at radius 2 is 1.80 bits per heavy atom. The summed E-state index contributed by atoms with van der Waals surface area (Å²) >= 11 is 0. The highest BCUT2D eigenvalue weighted by Gasteiger charge is 2.15. The average Bonchev–Trinajstić information content (AvgIpc) is 2.34. The van der Waals surface area contributed by atoms with Gasteiger partial charge in [0.1, 0.15) is 5.75 Å². The minimum atomic E-state index is 0.180. The van der Waals surface area contributed by atoms with E-state index in [1.165, 1.54) is 12.0 Å². The fraction of sp³-hybridized carbons (Fsp3) is 0.647. The number of hydrogen-bond donors (Lipinski definition) is 2. The number of hydrazine groups is 1. The quantitative estimate of drug-likeness (QED) is 0.557. The van der Waals surface area contributed by atoms with Crippen molar-refractivity contribution in [1.82, 2.24) is 5.43 Å². The molecule has 0 aliphatic carbocycles. The molecule has 0 fully saturated rings. The van der Waals surface area contributed by atoms with Gasteiger partial charge in [0.15, 0.2) is 0 Å². The van der Waals surface area contributed by atoms with Gasteiger partial charge in [0.25, 0.3) is 0 Å². The monoisotopic (exact) mass is 278 g/mol. The van der Waals surface area contributed by atoms with E-state index in [1.807, 2.05) is 26.0 Å². The van der Waals surface area contributed by atoms with E-state index in [1.54, 1.807) is 0 Å². The predicted octanol–water partition coefficient (Wildman–Crippen LogP) is 4.05. The van der Waals surface area contributed by atoms with E-state index in [9.17, 15) is 0 Å². The van der Waals surface area contributed by atoms with E-state index in [-0.39, 0.29) is 12.1 Å². The van der Waals surface area contributed by atoms with Crippen LogP contribution in [0.5, 0.6) is 5.75 Å². The predicted molar refractivity (Wildman–Crippen MR) is 85.5 cm³/mol. The SMILES string of the molecule is CC(C)CC(C)CC(NN)c1cccc(OC(C)C)c1. The van der Waals surface area contributed by atoms with Gasteiger partial charge < -0.3 is 4.74 Å². The van der Waals surface area contributed by atoms with Crippen LogP contribution in [0.3, 0.4) is 0 Å². The summed E-state index contributed by atoms with van der Waals surface area (Å²) in [6.07, 6.45) is 2.45. The second-order valence-electron chi connectivity index (χ2n) is 6.43. The van der Waals surface area contributed by atoms with Gasteiger partial charge in [-0.1, -0.05) is 32.9 Å². The molecule has 0 aliphatic heterocycles. The smallest absolute Gasteiger partial charge is 0.120 e. The molecule has 3 nitrogen and oxygen atoms in total. The minimum absolute atomic E-state index is 0.180. The Bertz CT molecular complexity index is 390. The normalized spacial score (nSPS) is 14.6. The summed E-state index contributed by atoms with van der Waals surface area (Å²) in [5.41, 5.74) is 4.14. The first-order chi connectivity index (χ1) is 9.42. The Labute approximate surface area is 123 Å². The average molecular weight is 278 g/mol. The Kier molecular flexibility index (Phi) is 7.03. The van der Waals surface area contributed by atoms with Crippen LogP contribution in [0.1, 0.15) is 59.1 Å². The van der Waals surface area contributed by atoms with E-state index < -0.39 is 0 Å². The lowest BCUT2D eigenvalue weighted by Crippen LogP contribution is -2.29. The molecule has 0 saturated heterocycles. The lowest BCUT2D eigenvalue weighted by molar-refractivity contribution is 0.242. The van der Waals surface area contributed by atoms with Crippen LogP contribution in [0.15, 0.2) is 24.3 Å². The van der Waals surface area contributed by atoms with E-state index in [2.05, 4.69) is 38.3 Å². The standard InChI is InChI=1S/C17H30N2O/c1-12(2)9-14(5)10-17(19-18)15-7-6-8-16(11-15)20-13(3)4/h6-8,11-14,17,19H,9-10,18H2,1-5H3. The molecule has 2 atom stereocenters. The van der Waals surface area contributed by atoms with Crippen LogP contribution < -0.4 is 16.0 Å². The Hall–Kier alpha value is -1.06. The van der Waals surface area contributed by atoms with Crippen molar-refractivity contribution >= 4 is 0 Å². The summed E-state index contributed by atoms with van der Waals surface area (Å²) in [7, 11) is 0. The zero-order valence-corrected chi connectivity index (χ0v) is 13.5. The molecule has 114 valence electrons. The maximum atomic E-state index is 5.75. The van der Waals surface area contributed by atoms with Gasteiger partial charge in [-0.15, -0.1) is 0 Å². The molecule has 0 amide bonds. The highest BCUT2D eigenvalue weighted by atomic mass is 16.5. The summed E-state index contributed by atoms with van der Waals surface area (Å²) < 4.78 is 5.75. The van der Waals surface area contributed by atoms with Crippen LogP contribution in [0.2, 0.25) is 0 Å². The summed E-state index contributed by atoms with van der Waals surface area (Å²) in [6, 6.07) is 8.41. The third-order valence-corrected chi connectivity index (χ3v) is 3.35. The molecule has 20 heavy (non-hydrogen) atoms. The minimum Gasteiger partial charge on any atom is -0.491 e. The van der Waals surface area contributed by atoms with Crippen molar-refractivity contribution in [1.29, 1.82) is 0 Å². The van der Waals surface area contributed by atoms with Crippen molar-refractivity contribution < 1.29 is 4.74 Å². The molecule has 0 aliphatic rings. The second-order valence-corrected chi connectivity index (χ2v) is 6.43. The molecular formula is C17H30N2O. The summed E-state index contributed by atoms with van der Waals surface area (Å²) in [5, 5.41) is 0. The third kappa shape index (κ3) is 5.93. The molecule has 1 rings (SSSR count). The van der Waals surface area contributed by atoms with E-state index >= 15 is 0 Å². The van der Waals surface area contributed by atoms with Gasteiger partial charge in [0.05, 0.1) is 6.10 Å². The molecule has 0 radical (unpaired) electrons. The van der Waals surface area contributed by atoms with Gasteiger partial charge in [0.2, 0.25) is 0 Å².